The maximum absolute atomic E-state index is 12.6. The molecule has 2 aromatic heterocycles. The van der Waals surface area contributed by atoms with Crippen molar-refractivity contribution in [2.75, 3.05) is 13.1 Å². The van der Waals surface area contributed by atoms with Crippen LogP contribution in [0.3, 0.4) is 0 Å². The highest BCUT2D eigenvalue weighted by atomic mass is 16.4. The van der Waals surface area contributed by atoms with E-state index in [1.807, 2.05) is 13.0 Å². The average molecular weight is 316 g/mol. The van der Waals surface area contributed by atoms with Crippen LogP contribution in [0, 0.1) is 0 Å². The van der Waals surface area contributed by atoms with Crippen molar-refractivity contribution in [1.82, 2.24) is 15.1 Å². The molecular weight excluding hydrogens is 296 g/mol. The van der Waals surface area contributed by atoms with Crippen molar-refractivity contribution in [2.24, 2.45) is 5.73 Å². The number of rotatable bonds is 4. The number of H-pyrrole nitrogens is 1. The molecule has 122 valence electrons. The molecule has 1 aliphatic heterocycles. The molecule has 0 aliphatic carbocycles. The Morgan fingerprint density at radius 1 is 1.48 bits per heavy atom. The maximum Gasteiger partial charge on any atom is 0.289 e. The van der Waals surface area contributed by atoms with Gasteiger partial charge in [-0.05, 0) is 31.0 Å². The van der Waals surface area contributed by atoms with Gasteiger partial charge in [0.25, 0.3) is 11.8 Å². The number of nitrogens with zero attached hydrogens (tertiary/aromatic N) is 2. The van der Waals surface area contributed by atoms with Gasteiger partial charge in [0.1, 0.15) is 11.5 Å². The molecule has 0 aromatic carbocycles. The van der Waals surface area contributed by atoms with Crippen LogP contribution in [0.25, 0.3) is 0 Å². The Morgan fingerprint density at radius 2 is 2.30 bits per heavy atom. The minimum absolute atomic E-state index is 0.0935. The Hall–Kier alpha value is -2.57. The Kier molecular flexibility index (Phi) is 4.18. The van der Waals surface area contributed by atoms with E-state index in [1.54, 1.807) is 17.0 Å². The first-order valence-electron chi connectivity index (χ1n) is 7.81. The number of aromatic nitrogens is 2. The first kappa shape index (κ1) is 15.3. The van der Waals surface area contributed by atoms with E-state index in [-0.39, 0.29) is 17.5 Å². The second kappa shape index (κ2) is 6.28. The van der Waals surface area contributed by atoms with Crippen LogP contribution in [-0.2, 0) is 6.42 Å². The molecule has 2 amide bonds. The molecular formula is C16H20N4O3. The number of carbonyl (C=O) groups is 2. The molecule has 0 unspecified atom stereocenters. The number of nitrogens with one attached hydrogen (secondary N) is 1. The number of hydrogen-bond donors (Lipinski definition) is 2. The fraction of sp³-hybridized carbons (Fsp3) is 0.438. The van der Waals surface area contributed by atoms with E-state index in [1.165, 1.54) is 0 Å². The molecule has 0 saturated carbocycles. The number of aromatic amines is 1. The summed E-state index contributed by atoms with van der Waals surface area (Å²) in [6.07, 6.45) is 2.59. The SMILES string of the molecule is CCc1ccc(C(=O)N2CCC[C@@H](c3cc(C(N)=O)n[nH]3)C2)o1. The quantitative estimate of drug-likeness (QED) is 0.895. The predicted molar refractivity (Wildman–Crippen MR) is 83.1 cm³/mol. The van der Waals surface area contributed by atoms with Crippen molar-refractivity contribution < 1.29 is 14.0 Å². The number of piperidine rings is 1. The number of likely N-dealkylation sites (tertiary alicyclic amines) is 1. The minimum atomic E-state index is -0.557. The summed E-state index contributed by atoms with van der Waals surface area (Å²) in [5.41, 5.74) is 6.29. The summed E-state index contributed by atoms with van der Waals surface area (Å²) in [6, 6.07) is 5.23. The largest absolute Gasteiger partial charge is 0.456 e. The van der Waals surface area contributed by atoms with Gasteiger partial charge in [0.05, 0.1) is 0 Å². The van der Waals surface area contributed by atoms with Crippen molar-refractivity contribution >= 4 is 11.8 Å². The van der Waals surface area contributed by atoms with Gasteiger partial charge < -0.3 is 15.1 Å². The molecule has 0 radical (unpaired) electrons. The van der Waals surface area contributed by atoms with Crippen LogP contribution < -0.4 is 5.73 Å². The highest BCUT2D eigenvalue weighted by Crippen LogP contribution is 2.27. The van der Waals surface area contributed by atoms with Gasteiger partial charge in [-0.25, -0.2) is 0 Å². The average Bonchev–Trinajstić information content (AvgIpc) is 3.23. The zero-order valence-electron chi connectivity index (χ0n) is 13.0. The van der Waals surface area contributed by atoms with Gasteiger partial charge in [0, 0.05) is 31.1 Å². The monoisotopic (exact) mass is 316 g/mol. The van der Waals surface area contributed by atoms with E-state index in [0.717, 1.165) is 30.7 Å². The van der Waals surface area contributed by atoms with Crippen LogP contribution in [0.15, 0.2) is 22.6 Å². The number of furan rings is 1. The van der Waals surface area contributed by atoms with Gasteiger partial charge in [-0.3, -0.25) is 14.7 Å². The number of primary amides is 1. The van der Waals surface area contributed by atoms with E-state index in [4.69, 9.17) is 10.2 Å². The molecule has 1 aliphatic rings. The van der Waals surface area contributed by atoms with Gasteiger partial charge in [-0.1, -0.05) is 6.92 Å². The lowest BCUT2D eigenvalue weighted by Crippen LogP contribution is -2.39. The highest BCUT2D eigenvalue weighted by molar-refractivity contribution is 5.92. The third-order valence-corrected chi connectivity index (χ3v) is 4.22. The standard InChI is InChI=1S/C16H20N4O3/c1-2-11-5-6-14(23-11)16(22)20-7-3-4-10(9-20)12-8-13(15(17)21)19-18-12/h5-6,8,10H,2-4,7,9H2,1H3,(H2,17,21)(H,18,19)/t10-/m1/s1. The lowest BCUT2D eigenvalue weighted by atomic mass is 9.94. The molecule has 1 atom stereocenters. The van der Waals surface area contributed by atoms with Crippen molar-refractivity contribution in [3.63, 3.8) is 0 Å². The molecule has 1 fully saturated rings. The summed E-state index contributed by atoms with van der Waals surface area (Å²) in [5.74, 6) is 0.656. The normalized spacial score (nSPS) is 18.1. The number of carbonyl (C=O) groups excluding carboxylic acids is 2. The second-order valence-corrected chi connectivity index (χ2v) is 5.78. The molecule has 7 nitrogen and oxygen atoms in total. The van der Waals surface area contributed by atoms with Crippen LogP contribution in [-0.4, -0.2) is 40.0 Å². The summed E-state index contributed by atoms with van der Waals surface area (Å²) in [5, 5.41) is 6.77. The van der Waals surface area contributed by atoms with Crippen LogP contribution in [0.5, 0.6) is 0 Å². The first-order valence-corrected chi connectivity index (χ1v) is 7.81. The lowest BCUT2D eigenvalue weighted by Gasteiger charge is -2.31. The predicted octanol–water partition coefficient (Wildman–Crippen LogP) is 1.68. The van der Waals surface area contributed by atoms with Gasteiger partial charge >= 0.3 is 0 Å². The van der Waals surface area contributed by atoms with Crippen molar-refractivity contribution in [2.45, 2.75) is 32.1 Å². The lowest BCUT2D eigenvalue weighted by molar-refractivity contribution is 0.0671. The number of aryl methyl sites for hydroxylation is 1. The third-order valence-electron chi connectivity index (χ3n) is 4.22. The Labute approximate surface area is 133 Å². The van der Waals surface area contributed by atoms with Crippen LogP contribution >= 0.6 is 0 Å². The number of nitrogens with two attached hydrogens (primary N) is 1. The van der Waals surface area contributed by atoms with Crippen molar-refractivity contribution in [3.8, 4) is 0 Å². The van der Waals surface area contributed by atoms with E-state index < -0.39 is 5.91 Å². The Bertz CT molecular complexity index is 718. The zero-order chi connectivity index (χ0) is 16.4. The topological polar surface area (TPSA) is 105 Å². The Morgan fingerprint density at radius 3 is 2.96 bits per heavy atom. The molecule has 23 heavy (non-hydrogen) atoms. The van der Waals surface area contributed by atoms with Crippen LogP contribution in [0.2, 0.25) is 0 Å². The third kappa shape index (κ3) is 3.13. The maximum atomic E-state index is 12.6. The summed E-state index contributed by atoms with van der Waals surface area (Å²) >= 11 is 0. The van der Waals surface area contributed by atoms with Crippen LogP contribution in [0.4, 0.5) is 0 Å². The summed E-state index contributed by atoms with van der Waals surface area (Å²) in [6.45, 7) is 3.26. The van der Waals surface area contributed by atoms with Crippen LogP contribution in [0.1, 0.15) is 58.2 Å². The van der Waals surface area contributed by atoms with Gasteiger partial charge in [0.2, 0.25) is 0 Å². The van der Waals surface area contributed by atoms with E-state index >= 15 is 0 Å². The molecule has 3 N–H and O–H groups in total. The first-order chi connectivity index (χ1) is 11.1. The summed E-state index contributed by atoms with van der Waals surface area (Å²) < 4.78 is 5.55. The molecule has 7 heteroatoms. The minimum Gasteiger partial charge on any atom is -0.456 e. The number of hydrogen-bond acceptors (Lipinski definition) is 4. The summed E-state index contributed by atoms with van der Waals surface area (Å²) in [7, 11) is 0. The fourth-order valence-electron chi connectivity index (χ4n) is 2.93. The smallest absolute Gasteiger partial charge is 0.289 e. The Balaban J connectivity index is 1.72. The summed E-state index contributed by atoms with van der Waals surface area (Å²) in [4.78, 5) is 25.5. The number of amides is 2. The fourth-order valence-corrected chi connectivity index (χ4v) is 2.93. The van der Waals surface area contributed by atoms with Crippen molar-refractivity contribution in [1.29, 1.82) is 0 Å². The molecule has 2 aromatic rings. The van der Waals surface area contributed by atoms with Gasteiger partial charge in [-0.15, -0.1) is 0 Å². The molecule has 0 bridgehead atoms. The van der Waals surface area contributed by atoms with E-state index in [2.05, 4.69) is 10.2 Å². The molecule has 0 spiro atoms. The van der Waals surface area contributed by atoms with E-state index in [0.29, 0.717) is 18.8 Å². The van der Waals surface area contributed by atoms with Crippen molar-refractivity contribution in [3.05, 3.63) is 41.1 Å². The van der Waals surface area contributed by atoms with E-state index in [9.17, 15) is 9.59 Å². The van der Waals surface area contributed by atoms with Gasteiger partial charge in [-0.2, -0.15) is 5.10 Å². The van der Waals surface area contributed by atoms with Gasteiger partial charge in [0.15, 0.2) is 5.76 Å². The molecule has 3 heterocycles. The molecule has 1 saturated heterocycles. The highest BCUT2D eigenvalue weighted by Gasteiger charge is 2.28. The second-order valence-electron chi connectivity index (χ2n) is 5.78. The molecule has 3 rings (SSSR count). The zero-order valence-corrected chi connectivity index (χ0v) is 13.0.